The summed E-state index contributed by atoms with van der Waals surface area (Å²) >= 11 is 0. The quantitative estimate of drug-likeness (QED) is 0.192. The van der Waals surface area contributed by atoms with Crippen molar-refractivity contribution in [2.24, 2.45) is 0 Å². The van der Waals surface area contributed by atoms with Gasteiger partial charge in [-0.3, -0.25) is 4.98 Å². The molecule has 0 amide bonds. The summed E-state index contributed by atoms with van der Waals surface area (Å²) in [6.45, 7) is 4.27. The van der Waals surface area contributed by atoms with Gasteiger partial charge in [0.25, 0.3) is 0 Å². The van der Waals surface area contributed by atoms with E-state index in [1.807, 2.05) is 19.2 Å². The monoisotopic (exact) mass is 552 g/mol. The first-order valence-corrected chi connectivity index (χ1v) is 14.9. The van der Waals surface area contributed by atoms with Crippen LogP contribution < -0.4 is 0 Å². The summed E-state index contributed by atoms with van der Waals surface area (Å²) in [4.78, 5) is 9.91. The van der Waals surface area contributed by atoms with Crippen LogP contribution in [0.2, 0.25) is 0 Å². The number of pyridine rings is 2. The Morgan fingerprint density at radius 2 is 1.35 bits per heavy atom. The first-order valence-electron chi connectivity index (χ1n) is 14.9. The largest absolute Gasteiger partial charge is 0.256 e. The van der Waals surface area contributed by atoms with Gasteiger partial charge in [0.1, 0.15) is 0 Å². The van der Waals surface area contributed by atoms with Gasteiger partial charge in [0.05, 0.1) is 16.7 Å². The van der Waals surface area contributed by atoms with E-state index in [-0.39, 0.29) is 5.92 Å². The molecule has 5 aromatic carbocycles. The molecule has 0 saturated carbocycles. The molecule has 2 heterocycles. The van der Waals surface area contributed by atoms with E-state index < -0.39 is 0 Å². The summed E-state index contributed by atoms with van der Waals surface area (Å²) in [6, 6.07) is 43.4. The van der Waals surface area contributed by atoms with E-state index in [1.54, 1.807) is 0 Å². The van der Waals surface area contributed by atoms with Gasteiger partial charge in [-0.25, -0.2) is 4.98 Å². The Morgan fingerprint density at radius 3 is 2.19 bits per heavy atom. The molecular formula is C41H32N2. The van der Waals surface area contributed by atoms with E-state index in [9.17, 15) is 0 Å². The molecule has 2 nitrogen and oxygen atoms in total. The Labute approximate surface area is 252 Å². The third-order valence-corrected chi connectivity index (χ3v) is 8.25. The van der Waals surface area contributed by atoms with Crippen LogP contribution in [0, 0.1) is 0 Å². The van der Waals surface area contributed by atoms with E-state index >= 15 is 0 Å². The maximum atomic E-state index is 5.23. The summed E-state index contributed by atoms with van der Waals surface area (Å²) < 4.78 is 0. The number of aromatic nitrogens is 2. The first-order chi connectivity index (χ1) is 21.2. The number of benzene rings is 5. The Morgan fingerprint density at radius 1 is 0.605 bits per heavy atom. The van der Waals surface area contributed by atoms with E-state index in [4.69, 9.17) is 4.98 Å². The number of hydrogen-bond acceptors (Lipinski definition) is 2. The van der Waals surface area contributed by atoms with Crippen LogP contribution in [0.4, 0.5) is 0 Å². The molecule has 2 aromatic heterocycles. The van der Waals surface area contributed by atoms with Crippen molar-refractivity contribution in [1.82, 2.24) is 9.97 Å². The lowest BCUT2D eigenvalue weighted by molar-refractivity contribution is 0.969. The summed E-state index contributed by atoms with van der Waals surface area (Å²) in [5, 5.41) is 4.75. The lowest BCUT2D eigenvalue weighted by Crippen LogP contribution is -1.94. The van der Waals surface area contributed by atoms with Crippen molar-refractivity contribution in [3.8, 4) is 33.5 Å². The fourth-order valence-corrected chi connectivity index (χ4v) is 5.88. The Bertz CT molecular complexity index is 2150. The second-order valence-electron chi connectivity index (χ2n) is 11.1. The van der Waals surface area contributed by atoms with E-state index in [1.165, 1.54) is 27.5 Å². The fourth-order valence-electron chi connectivity index (χ4n) is 5.88. The molecule has 0 spiro atoms. The van der Waals surface area contributed by atoms with Gasteiger partial charge >= 0.3 is 0 Å². The number of hydrogen-bond donors (Lipinski definition) is 0. The highest BCUT2D eigenvalue weighted by Crippen LogP contribution is 2.36. The van der Waals surface area contributed by atoms with Gasteiger partial charge in [0, 0.05) is 28.1 Å². The molecule has 0 bridgehead atoms. The van der Waals surface area contributed by atoms with Crippen molar-refractivity contribution < 1.29 is 0 Å². The zero-order chi connectivity index (χ0) is 29.2. The molecule has 1 atom stereocenters. The van der Waals surface area contributed by atoms with Crippen molar-refractivity contribution in [3.63, 3.8) is 0 Å². The predicted octanol–water partition coefficient (Wildman–Crippen LogP) is 11.2. The second-order valence-corrected chi connectivity index (χ2v) is 11.1. The van der Waals surface area contributed by atoms with Gasteiger partial charge in [0.15, 0.2) is 0 Å². The second kappa shape index (κ2) is 11.5. The molecule has 0 aliphatic carbocycles. The average Bonchev–Trinajstić information content (AvgIpc) is 3.07. The van der Waals surface area contributed by atoms with Crippen molar-refractivity contribution in [3.05, 3.63) is 157 Å². The van der Waals surface area contributed by atoms with E-state index in [0.29, 0.717) is 0 Å². The van der Waals surface area contributed by atoms with Crippen LogP contribution in [0.1, 0.15) is 25.3 Å². The SMILES string of the molecule is C/C=C\C=C/C(C)c1ccc2c(-c3ccc(-c4cccc5cccnc45)cc3)cc(-c3ccc4ccccc4c3)nc2c1. The standard InChI is InChI=1S/C41H32N2/c1-3-4-5-10-28(2)33-22-23-37-38(27-39(43-40(37)26-33)35-21-16-29-11-6-7-12-34(29)25-35)31-19-17-30(18-20-31)36-15-8-13-32-14-9-24-42-41(32)36/h3-28H,1-2H3/b4-3-,10-5-. The van der Waals surface area contributed by atoms with Gasteiger partial charge in [-0.2, -0.15) is 0 Å². The highest BCUT2D eigenvalue weighted by atomic mass is 14.7. The summed E-state index contributed by atoms with van der Waals surface area (Å²) in [6.07, 6.45) is 10.3. The lowest BCUT2D eigenvalue weighted by atomic mass is 9.93. The third-order valence-electron chi connectivity index (χ3n) is 8.25. The molecule has 43 heavy (non-hydrogen) atoms. The molecule has 0 N–H and O–H groups in total. The van der Waals surface area contributed by atoms with E-state index in [0.717, 1.165) is 44.2 Å². The number of fused-ring (bicyclic) bond motifs is 3. The Balaban J connectivity index is 1.37. The van der Waals surface area contributed by atoms with Crippen molar-refractivity contribution in [2.45, 2.75) is 19.8 Å². The molecule has 1 unspecified atom stereocenters. The maximum absolute atomic E-state index is 5.23. The Kier molecular flexibility index (Phi) is 7.10. The van der Waals surface area contributed by atoms with Crippen molar-refractivity contribution in [2.75, 3.05) is 0 Å². The van der Waals surface area contributed by atoms with Crippen LogP contribution in [0.5, 0.6) is 0 Å². The number of para-hydroxylation sites is 1. The zero-order valence-corrected chi connectivity index (χ0v) is 24.4. The minimum Gasteiger partial charge on any atom is -0.256 e. The summed E-state index contributed by atoms with van der Waals surface area (Å²) in [5.41, 5.74) is 10.0. The minimum atomic E-state index is 0.281. The van der Waals surface area contributed by atoms with Gasteiger partial charge in [-0.1, -0.05) is 128 Å². The van der Waals surface area contributed by atoms with Gasteiger partial charge in [-0.15, -0.1) is 0 Å². The maximum Gasteiger partial charge on any atom is 0.0780 e. The van der Waals surface area contributed by atoms with Crippen LogP contribution in [0.15, 0.2) is 152 Å². The fraction of sp³-hybridized carbons (Fsp3) is 0.0732. The number of rotatable bonds is 6. The first kappa shape index (κ1) is 26.6. The smallest absolute Gasteiger partial charge is 0.0780 e. The van der Waals surface area contributed by atoms with Gasteiger partial charge < -0.3 is 0 Å². The normalized spacial score (nSPS) is 12.6. The molecule has 7 rings (SSSR count). The summed E-state index contributed by atoms with van der Waals surface area (Å²) in [7, 11) is 0. The van der Waals surface area contributed by atoms with Gasteiger partial charge in [-0.05, 0) is 70.1 Å². The highest BCUT2D eigenvalue weighted by Gasteiger charge is 2.13. The molecule has 2 heteroatoms. The average molecular weight is 553 g/mol. The number of nitrogens with zero attached hydrogens (tertiary/aromatic N) is 2. The van der Waals surface area contributed by atoms with Crippen LogP contribution in [-0.2, 0) is 0 Å². The third kappa shape index (κ3) is 5.24. The lowest BCUT2D eigenvalue weighted by Gasteiger charge is -2.14. The molecule has 206 valence electrons. The van der Waals surface area contributed by atoms with Crippen LogP contribution >= 0.6 is 0 Å². The molecule has 7 aromatic rings. The summed E-state index contributed by atoms with van der Waals surface area (Å²) in [5.74, 6) is 0.281. The minimum absolute atomic E-state index is 0.281. The van der Waals surface area contributed by atoms with Gasteiger partial charge in [0.2, 0.25) is 0 Å². The molecule has 0 aliphatic rings. The number of allylic oxidation sites excluding steroid dienone is 4. The molecule has 0 saturated heterocycles. The van der Waals surface area contributed by atoms with Crippen LogP contribution in [0.25, 0.3) is 66.1 Å². The Hall–Kier alpha value is -5.34. The van der Waals surface area contributed by atoms with Crippen molar-refractivity contribution >= 4 is 32.6 Å². The predicted molar refractivity (Wildman–Crippen MR) is 183 cm³/mol. The van der Waals surface area contributed by atoms with Crippen molar-refractivity contribution in [1.29, 1.82) is 0 Å². The highest BCUT2D eigenvalue weighted by molar-refractivity contribution is 5.99. The molecular weight excluding hydrogens is 520 g/mol. The van der Waals surface area contributed by atoms with Crippen LogP contribution in [-0.4, -0.2) is 9.97 Å². The topological polar surface area (TPSA) is 25.8 Å². The zero-order valence-electron chi connectivity index (χ0n) is 24.4. The molecule has 0 fully saturated rings. The molecule has 0 radical (unpaired) electrons. The molecule has 0 aliphatic heterocycles. The van der Waals surface area contributed by atoms with E-state index in [2.05, 4.69) is 151 Å². The van der Waals surface area contributed by atoms with Crippen LogP contribution in [0.3, 0.4) is 0 Å².